The number of thioether (sulfide) groups is 1. The lowest BCUT2D eigenvalue weighted by Crippen LogP contribution is -2.36. The summed E-state index contributed by atoms with van der Waals surface area (Å²) in [5.41, 5.74) is 1.29. The molecule has 2 unspecified atom stereocenters. The molecule has 0 saturated carbocycles. The molecule has 0 spiro atoms. The summed E-state index contributed by atoms with van der Waals surface area (Å²) in [6, 6.07) is 0.696. The Kier molecular flexibility index (Phi) is 4.05. The molecule has 0 radical (unpaired) electrons. The van der Waals surface area contributed by atoms with Crippen LogP contribution in [0.2, 0.25) is 0 Å². The van der Waals surface area contributed by atoms with Crippen LogP contribution in [0.15, 0.2) is 5.38 Å². The summed E-state index contributed by atoms with van der Waals surface area (Å²) in [5, 5.41) is 6.98. The lowest BCUT2D eigenvalue weighted by Gasteiger charge is -2.18. The van der Waals surface area contributed by atoms with E-state index in [2.05, 4.69) is 41.3 Å². The van der Waals surface area contributed by atoms with Gasteiger partial charge in [-0.05, 0) is 31.6 Å². The molecule has 2 nitrogen and oxygen atoms in total. The Morgan fingerprint density at radius 2 is 2.40 bits per heavy atom. The first-order valence-electron chi connectivity index (χ1n) is 5.51. The van der Waals surface area contributed by atoms with E-state index >= 15 is 0 Å². The Bertz CT molecular complexity index is 311. The second-order valence-electron chi connectivity index (χ2n) is 4.02. The molecule has 1 aliphatic rings. The average molecular weight is 242 g/mol. The maximum Gasteiger partial charge on any atom is 0.0897 e. The van der Waals surface area contributed by atoms with Gasteiger partial charge in [-0.3, -0.25) is 0 Å². The standard InChI is InChI=1S/C11H18N2S2/c1-3-12-11-7-14-5-9(11)4-10-6-15-8(2)13-10/h6,9,11-12H,3-5,7H2,1-2H3. The van der Waals surface area contributed by atoms with Crippen molar-refractivity contribution in [2.75, 3.05) is 18.1 Å². The number of hydrogen-bond donors (Lipinski definition) is 1. The minimum atomic E-state index is 0.696. The maximum absolute atomic E-state index is 4.55. The third-order valence-corrected chi connectivity index (χ3v) is 4.88. The first-order valence-corrected chi connectivity index (χ1v) is 7.55. The van der Waals surface area contributed by atoms with Gasteiger partial charge >= 0.3 is 0 Å². The highest BCUT2D eigenvalue weighted by molar-refractivity contribution is 7.99. The van der Waals surface area contributed by atoms with Gasteiger partial charge in [0.1, 0.15) is 0 Å². The topological polar surface area (TPSA) is 24.9 Å². The third kappa shape index (κ3) is 2.95. The summed E-state index contributed by atoms with van der Waals surface area (Å²) in [7, 11) is 0. The Morgan fingerprint density at radius 1 is 1.53 bits per heavy atom. The van der Waals surface area contributed by atoms with E-state index in [1.165, 1.54) is 22.2 Å². The second kappa shape index (κ2) is 5.32. The smallest absolute Gasteiger partial charge is 0.0897 e. The summed E-state index contributed by atoms with van der Waals surface area (Å²) in [6.45, 7) is 5.35. The summed E-state index contributed by atoms with van der Waals surface area (Å²) in [4.78, 5) is 4.55. The Hall–Kier alpha value is -0.0600. The Morgan fingerprint density at radius 3 is 3.07 bits per heavy atom. The van der Waals surface area contributed by atoms with Crippen LogP contribution >= 0.6 is 23.1 Å². The van der Waals surface area contributed by atoms with E-state index in [1.54, 1.807) is 11.3 Å². The molecule has 1 aromatic rings. The Balaban J connectivity index is 1.93. The van der Waals surface area contributed by atoms with Crippen LogP contribution in [0, 0.1) is 12.8 Å². The second-order valence-corrected chi connectivity index (χ2v) is 6.16. The predicted octanol–water partition coefficient (Wildman–Crippen LogP) is 2.34. The zero-order valence-corrected chi connectivity index (χ0v) is 11.0. The molecule has 2 heterocycles. The minimum Gasteiger partial charge on any atom is -0.313 e. The van der Waals surface area contributed by atoms with Crippen molar-refractivity contribution in [2.24, 2.45) is 5.92 Å². The number of aryl methyl sites for hydroxylation is 1. The van der Waals surface area contributed by atoms with Crippen LogP contribution in [0.25, 0.3) is 0 Å². The van der Waals surface area contributed by atoms with Crippen LogP contribution in [-0.4, -0.2) is 29.1 Å². The zero-order valence-electron chi connectivity index (χ0n) is 9.32. The normalized spacial score (nSPS) is 26.0. The van der Waals surface area contributed by atoms with Gasteiger partial charge in [0.05, 0.1) is 10.7 Å². The monoisotopic (exact) mass is 242 g/mol. The van der Waals surface area contributed by atoms with Crippen molar-refractivity contribution in [3.8, 4) is 0 Å². The molecule has 1 fully saturated rings. The van der Waals surface area contributed by atoms with Crippen LogP contribution in [0.5, 0.6) is 0 Å². The van der Waals surface area contributed by atoms with E-state index < -0.39 is 0 Å². The molecule has 15 heavy (non-hydrogen) atoms. The SMILES string of the molecule is CCNC1CSCC1Cc1csc(C)n1. The van der Waals surface area contributed by atoms with Crippen LogP contribution < -0.4 is 5.32 Å². The molecule has 0 bridgehead atoms. The van der Waals surface area contributed by atoms with Gasteiger partial charge in [0.15, 0.2) is 0 Å². The highest BCUT2D eigenvalue weighted by Crippen LogP contribution is 2.27. The van der Waals surface area contributed by atoms with E-state index in [4.69, 9.17) is 0 Å². The van der Waals surface area contributed by atoms with Crippen molar-refractivity contribution in [1.29, 1.82) is 0 Å². The van der Waals surface area contributed by atoms with Crippen LogP contribution in [0.3, 0.4) is 0 Å². The van der Waals surface area contributed by atoms with Gasteiger partial charge in [-0.2, -0.15) is 11.8 Å². The zero-order chi connectivity index (χ0) is 10.7. The predicted molar refractivity (Wildman–Crippen MR) is 68.8 cm³/mol. The molecule has 2 atom stereocenters. The third-order valence-electron chi connectivity index (χ3n) is 2.80. The minimum absolute atomic E-state index is 0.696. The Labute approximate surface area is 99.9 Å². The molecule has 0 aromatic carbocycles. The molecule has 1 aromatic heterocycles. The molecule has 0 amide bonds. The highest BCUT2D eigenvalue weighted by Gasteiger charge is 2.27. The van der Waals surface area contributed by atoms with Gasteiger partial charge in [-0.15, -0.1) is 11.3 Å². The lowest BCUT2D eigenvalue weighted by atomic mass is 9.98. The van der Waals surface area contributed by atoms with Gasteiger partial charge in [0, 0.05) is 17.2 Å². The molecule has 4 heteroatoms. The van der Waals surface area contributed by atoms with Crippen LogP contribution in [-0.2, 0) is 6.42 Å². The number of nitrogens with zero attached hydrogens (tertiary/aromatic N) is 1. The molecular weight excluding hydrogens is 224 g/mol. The van der Waals surface area contributed by atoms with Gasteiger partial charge in [-0.25, -0.2) is 4.98 Å². The molecule has 84 valence electrons. The first-order chi connectivity index (χ1) is 7.29. The number of nitrogens with one attached hydrogen (secondary N) is 1. The summed E-state index contributed by atoms with van der Waals surface area (Å²) < 4.78 is 0. The van der Waals surface area contributed by atoms with Crippen LogP contribution in [0.4, 0.5) is 0 Å². The van der Waals surface area contributed by atoms with E-state index in [-0.39, 0.29) is 0 Å². The van der Waals surface area contributed by atoms with E-state index in [0.717, 1.165) is 18.9 Å². The van der Waals surface area contributed by atoms with E-state index in [1.807, 2.05) is 0 Å². The van der Waals surface area contributed by atoms with Gasteiger partial charge in [-0.1, -0.05) is 6.92 Å². The lowest BCUT2D eigenvalue weighted by molar-refractivity contribution is 0.431. The molecule has 0 aliphatic carbocycles. The molecule has 2 rings (SSSR count). The van der Waals surface area contributed by atoms with Crippen molar-refractivity contribution in [1.82, 2.24) is 10.3 Å². The van der Waals surface area contributed by atoms with E-state index in [0.29, 0.717) is 6.04 Å². The maximum atomic E-state index is 4.55. The van der Waals surface area contributed by atoms with Crippen molar-refractivity contribution in [2.45, 2.75) is 26.3 Å². The number of aromatic nitrogens is 1. The van der Waals surface area contributed by atoms with Gasteiger partial charge in [0.25, 0.3) is 0 Å². The van der Waals surface area contributed by atoms with Crippen LogP contribution in [0.1, 0.15) is 17.6 Å². The summed E-state index contributed by atoms with van der Waals surface area (Å²) in [5.74, 6) is 3.33. The fourth-order valence-electron chi connectivity index (χ4n) is 2.06. The molecule has 1 saturated heterocycles. The fourth-order valence-corrected chi connectivity index (χ4v) is 4.12. The molecule has 1 aliphatic heterocycles. The van der Waals surface area contributed by atoms with Gasteiger partial charge < -0.3 is 5.32 Å². The van der Waals surface area contributed by atoms with Gasteiger partial charge in [0.2, 0.25) is 0 Å². The molecular formula is C11H18N2S2. The van der Waals surface area contributed by atoms with E-state index in [9.17, 15) is 0 Å². The van der Waals surface area contributed by atoms with Crippen molar-refractivity contribution < 1.29 is 0 Å². The largest absolute Gasteiger partial charge is 0.313 e. The quantitative estimate of drug-likeness (QED) is 0.877. The summed E-state index contributed by atoms with van der Waals surface area (Å²) in [6.07, 6.45) is 1.15. The van der Waals surface area contributed by atoms with Crippen molar-refractivity contribution >= 4 is 23.1 Å². The fraction of sp³-hybridized carbons (Fsp3) is 0.727. The van der Waals surface area contributed by atoms with Crippen molar-refractivity contribution in [3.63, 3.8) is 0 Å². The first kappa shape index (κ1) is 11.4. The average Bonchev–Trinajstić information content (AvgIpc) is 2.78. The molecule has 1 N–H and O–H groups in total. The number of rotatable bonds is 4. The highest BCUT2D eigenvalue weighted by atomic mass is 32.2. The number of thiazole rings is 1. The van der Waals surface area contributed by atoms with Crippen molar-refractivity contribution in [3.05, 3.63) is 16.1 Å². The number of hydrogen-bond acceptors (Lipinski definition) is 4. The summed E-state index contributed by atoms with van der Waals surface area (Å²) >= 11 is 3.83.